The Kier molecular flexibility index (Phi) is 4.60. The van der Waals surface area contributed by atoms with Crippen LogP contribution in [0.4, 0.5) is 0 Å². The van der Waals surface area contributed by atoms with Gasteiger partial charge < -0.3 is 10.5 Å². The van der Waals surface area contributed by atoms with Gasteiger partial charge in [-0.2, -0.15) is 0 Å². The van der Waals surface area contributed by atoms with Crippen LogP contribution in [-0.2, 0) is 0 Å². The van der Waals surface area contributed by atoms with Crippen molar-refractivity contribution >= 4 is 27.3 Å². The Morgan fingerprint density at radius 3 is 2.63 bits per heavy atom. The fourth-order valence-electron chi connectivity index (χ4n) is 1.74. The van der Waals surface area contributed by atoms with E-state index < -0.39 is 0 Å². The van der Waals surface area contributed by atoms with Gasteiger partial charge in [-0.05, 0) is 60.0 Å². The first kappa shape index (κ1) is 14.5. The van der Waals surface area contributed by atoms with Crippen LogP contribution in [0.15, 0.2) is 28.3 Å². The SMILES string of the molecule is Cc1cc(C(N)c2cncc(OC(C)C)c2)sc1Br. The highest BCUT2D eigenvalue weighted by Gasteiger charge is 2.14. The first-order chi connectivity index (χ1) is 8.97. The number of rotatable bonds is 4. The largest absolute Gasteiger partial charge is 0.489 e. The van der Waals surface area contributed by atoms with Crippen LogP contribution in [0.1, 0.15) is 35.9 Å². The van der Waals surface area contributed by atoms with Crippen molar-refractivity contribution in [2.24, 2.45) is 5.73 Å². The molecule has 102 valence electrons. The average Bonchev–Trinajstić information content (AvgIpc) is 2.68. The van der Waals surface area contributed by atoms with E-state index in [1.807, 2.05) is 19.9 Å². The molecule has 19 heavy (non-hydrogen) atoms. The predicted octanol–water partition coefficient (Wildman–Crippen LogP) is 4.05. The molecule has 0 saturated heterocycles. The molecule has 0 fully saturated rings. The maximum Gasteiger partial charge on any atom is 0.138 e. The molecule has 3 nitrogen and oxygen atoms in total. The van der Waals surface area contributed by atoms with Crippen LogP contribution in [0.2, 0.25) is 0 Å². The lowest BCUT2D eigenvalue weighted by Gasteiger charge is -2.13. The molecule has 0 aromatic carbocycles. The van der Waals surface area contributed by atoms with E-state index in [9.17, 15) is 0 Å². The van der Waals surface area contributed by atoms with E-state index in [4.69, 9.17) is 10.5 Å². The molecule has 0 aliphatic rings. The van der Waals surface area contributed by atoms with Crippen LogP contribution in [0.3, 0.4) is 0 Å². The summed E-state index contributed by atoms with van der Waals surface area (Å²) in [6.07, 6.45) is 3.64. The van der Waals surface area contributed by atoms with Crippen LogP contribution in [-0.4, -0.2) is 11.1 Å². The summed E-state index contributed by atoms with van der Waals surface area (Å²) in [6.45, 7) is 6.05. The molecule has 0 spiro atoms. The van der Waals surface area contributed by atoms with E-state index in [1.54, 1.807) is 23.7 Å². The van der Waals surface area contributed by atoms with Crippen molar-refractivity contribution < 1.29 is 4.74 Å². The normalized spacial score (nSPS) is 12.7. The highest BCUT2D eigenvalue weighted by molar-refractivity contribution is 9.11. The summed E-state index contributed by atoms with van der Waals surface area (Å²) in [5.74, 6) is 0.760. The molecule has 1 unspecified atom stereocenters. The molecule has 0 aliphatic heterocycles. The molecule has 2 aromatic rings. The van der Waals surface area contributed by atoms with Gasteiger partial charge in [0, 0.05) is 11.1 Å². The van der Waals surface area contributed by atoms with Crippen LogP contribution >= 0.6 is 27.3 Å². The van der Waals surface area contributed by atoms with Crippen LogP contribution in [0.5, 0.6) is 5.75 Å². The van der Waals surface area contributed by atoms with Gasteiger partial charge in [0.05, 0.1) is 22.1 Å². The smallest absolute Gasteiger partial charge is 0.138 e. The lowest BCUT2D eigenvalue weighted by atomic mass is 10.1. The number of hydrogen-bond donors (Lipinski definition) is 1. The quantitative estimate of drug-likeness (QED) is 0.913. The Morgan fingerprint density at radius 1 is 1.32 bits per heavy atom. The summed E-state index contributed by atoms with van der Waals surface area (Å²) in [5.41, 5.74) is 8.46. The third-order valence-electron chi connectivity index (χ3n) is 2.65. The summed E-state index contributed by atoms with van der Waals surface area (Å²) >= 11 is 5.19. The minimum atomic E-state index is -0.168. The molecule has 0 amide bonds. The fraction of sp³-hybridized carbons (Fsp3) is 0.357. The van der Waals surface area contributed by atoms with Crippen molar-refractivity contribution in [3.63, 3.8) is 0 Å². The number of hydrogen-bond acceptors (Lipinski definition) is 4. The number of nitrogens with zero attached hydrogens (tertiary/aromatic N) is 1. The molecular weight excluding hydrogens is 324 g/mol. The van der Waals surface area contributed by atoms with Crippen molar-refractivity contribution in [3.8, 4) is 5.75 Å². The minimum absolute atomic E-state index is 0.131. The third kappa shape index (κ3) is 3.55. The Balaban J connectivity index is 2.25. The van der Waals surface area contributed by atoms with E-state index in [0.717, 1.165) is 20.0 Å². The number of thiophene rings is 1. The van der Waals surface area contributed by atoms with Crippen LogP contribution in [0.25, 0.3) is 0 Å². The molecule has 5 heteroatoms. The molecule has 0 saturated carbocycles. The number of aryl methyl sites for hydroxylation is 1. The second-order valence-corrected chi connectivity index (χ2v) is 7.11. The van der Waals surface area contributed by atoms with Gasteiger partial charge in [0.15, 0.2) is 0 Å². The lowest BCUT2D eigenvalue weighted by molar-refractivity contribution is 0.241. The topological polar surface area (TPSA) is 48.1 Å². The van der Waals surface area contributed by atoms with E-state index in [0.29, 0.717) is 0 Å². The minimum Gasteiger partial charge on any atom is -0.489 e. The van der Waals surface area contributed by atoms with Crippen LogP contribution < -0.4 is 10.5 Å². The molecule has 2 aromatic heterocycles. The number of nitrogens with two attached hydrogens (primary N) is 1. The fourth-order valence-corrected chi connectivity index (χ4v) is 3.34. The number of halogens is 1. The van der Waals surface area contributed by atoms with Gasteiger partial charge in [0.25, 0.3) is 0 Å². The van der Waals surface area contributed by atoms with Crippen molar-refractivity contribution in [1.29, 1.82) is 0 Å². The van der Waals surface area contributed by atoms with Gasteiger partial charge in [-0.1, -0.05) is 0 Å². The number of pyridine rings is 1. The molecule has 1 atom stereocenters. The molecular formula is C14H17BrN2OS. The zero-order valence-corrected chi connectivity index (χ0v) is 13.6. The Morgan fingerprint density at radius 2 is 2.05 bits per heavy atom. The van der Waals surface area contributed by atoms with Gasteiger partial charge in [0.1, 0.15) is 5.75 Å². The Hall–Kier alpha value is -0.910. The van der Waals surface area contributed by atoms with Gasteiger partial charge >= 0.3 is 0 Å². The van der Waals surface area contributed by atoms with Crippen molar-refractivity contribution in [2.45, 2.75) is 32.9 Å². The van der Waals surface area contributed by atoms with Gasteiger partial charge in [-0.15, -0.1) is 11.3 Å². The Bertz CT molecular complexity index is 549. The highest BCUT2D eigenvalue weighted by atomic mass is 79.9. The van der Waals surface area contributed by atoms with Crippen molar-refractivity contribution in [2.75, 3.05) is 0 Å². The maximum atomic E-state index is 6.29. The molecule has 0 radical (unpaired) electrons. The first-order valence-corrected chi connectivity index (χ1v) is 7.71. The Labute approximate surface area is 125 Å². The zero-order chi connectivity index (χ0) is 14.0. The third-order valence-corrected chi connectivity index (χ3v) is 4.87. The second-order valence-electron chi connectivity index (χ2n) is 4.70. The highest BCUT2D eigenvalue weighted by Crippen LogP contribution is 2.33. The van der Waals surface area contributed by atoms with E-state index >= 15 is 0 Å². The zero-order valence-electron chi connectivity index (χ0n) is 11.2. The maximum absolute atomic E-state index is 6.29. The number of aromatic nitrogens is 1. The molecule has 0 aliphatic carbocycles. The van der Waals surface area contributed by atoms with E-state index in [1.165, 1.54) is 5.56 Å². The average molecular weight is 341 g/mol. The van der Waals surface area contributed by atoms with E-state index in [2.05, 4.69) is 33.9 Å². The molecule has 2 heterocycles. The van der Waals surface area contributed by atoms with Gasteiger partial charge in [-0.3, -0.25) is 4.98 Å². The summed E-state index contributed by atoms with van der Waals surface area (Å²) in [5, 5.41) is 0. The van der Waals surface area contributed by atoms with E-state index in [-0.39, 0.29) is 12.1 Å². The lowest BCUT2D eigenvalue weighted by Crippen LogP contribution is -2.12. The van der Waals surface area contributed by atoms with Crippen molar-refractivity contribution in [3.05, 3.63) is 44.3 Å². The summed E-state index contributed by atoms with van der Waals surface area (Å²) in [6, 6.07) is 3.90. The monoisotopic (exact) mass is 340 g/mol. The summed E-state index contributed by atoms with van der Waals surface area (Å²) < 4.78 is 6.77. The molecule has 0 bridgehead atoms. The predicted molar refractivity (Wildman–Crippen MR) is 82.8 cm³/mol. The van der Waals surface area contributed by atoms with Gasteiger partial charge in [0.2, 0.25) is 0 Å². The summed E-state index contributed by atoms with van der Waals surface area (Å²) in [7, 11) is 0. The van der Waals surface area contributed by atoms with Crippen molar-refractivity contribution in [1.82, 2.24) is 4.98 Å². The second kappa shape index (κ2) is 6.03. The molecule has 2 N–H and O–H groups in total. The summed E-state index contributed by atoms with van der Waals surface area (Å²) in [4.78, 5) is 5.32. The van der Waals surface area contributed by atoms with Gasteiger partial charge in [-0.25, -0.2) is 0 Å². The molecule has 2 rings (SSSR count). The standard InChI is InChI=1S/C14H17BrN2OS/c1-8(2)18-11-5-10(6-17-7-11)13(16)12-4-9(3)14(15)19-12/h4-8,13H,16H2,1-3H3. The first-order valence-electron chi connectivity index (χ1n) is 6.10. The number of ether oxygens (including phenoxy) is 1. The van der Waals surface area contributed by atoms with Crippen LogP contribution in [0, 0.1) is 6.92 Å².